The predicted molar refractivity (Wildman–Crippen MR) is 59.9 cm³/mol. The van der Waals surface area contributed by atoms with Crippen LogP contribution in [-0.4, -0.2) is 4.57 Å². The Morgan fingerprint density at radius 3 is 2.43 bits per heavy atom. The molecule has 0 saturated heterocycles. The molecule has 0 radical (unpaired) electrons. The number of rotatable bonds is 2. The molecule has 0 saturated carbocycles. The molecule has 0 fully saturated rings. The minimum Gasteiger partial charge on any atom is -0.321 e. The van der Waals surface area contributed by atoms with E-state index >= 15 is 0 Å². The molecule has 0 aliphatic carbocycles. The number of benzene rings is 1. The van der Waals surface area contributed by atoms with Crippen molar-refractivity contribution in [2.45, 2.75) is 20.3 Å². The van der Waals surface area contributed by atoms with Gasteiger partial charge in [0.25, 0.3) is 0 Å². The third kappa shape index (κ3) is 1.46. The summed E-state index contributed by atoms with van der Waals surface area (Å²) in [4.78, 5) is 0. The highest BCUT2D eigenvalue weighted by Gasteiger charge is 2.03. The number of nitrogens with zero attached hydrogens (tertiary/aromatic N) is 1. The standard InChI is InChI=1S/C13H15N/c1-3-13-11(2)9-10-14(13)12-7-5-4-6-8-12/h4-10H,3H2,1-2H3. The first-order chi connectivity index (χ1) is 6.83. The lowest BCUT2D eigenvalue weighted by atomic mass is 10.2. The van der Waals surface area contributed by atoms with Gasteiger partial charge in [0.2, 0.25) is 0 Å². The Morgan fingerprint density at radius 2 is 1.79 bits per heavy atom. The third-order valence-electron chi connectivity index (χ3n) is 2.59. The molecule has 0 aliphatic rings. The second kappa shape index (κ2) is 3.70. The van der Waals surface area contributed by atoms with Gasteiger partial charge < -0.3 is 4.57 Å². The van der Waals surface area contributed by atoms with E-state index in [0.717, 1.165) is 6.42 Å². The average molecular weight is 185 g/mol. The van der Waals surface area contributed by atoms with Crippen molar-refractivity contribution < 1.29 is 0 Å². The average Bonchev–Trinajstić information content (AvgIpc) is 2.61. The number of para-hydroxylation sites is 1. The predicted octanol–water partition coefficient (Wildman–Crippen LogP) is 3.35. The summed E-state index contributed by atoms with van der Waals surface area (Å²) in [6.45, 7) is 4.36. The van der Waals surface area contributed by atoms with Crippen molar-refractivity contribution in [1.29, 1.82) is 0 Å². The highest BCUT2D eigenvalue weighted by molar-refractivity contribution is 5.37. The Morgan fingerprint density at radius 1 is 1.07 bits per heavy atom. The zero-order chi connectivity index (χ0) is 9.97. The van der Waals surface area contributed by atoms with Crippen molar-refractivity contribution in [3.05, 3.63) is 53.9 Å². The maximum absolute atomic E-state index is 2.26. The second-order valence-corrected chi connectivity index (χ2v) is 3.50. The Hall–Kier alpha value is -1.50. The Balaban J connectivity index is 2.52. The molecule has 1 aromatic carbocycles. The van der Waals surface area contributed by atoms with Crippen LogP contribution in [0.3, 0.4) is 0 Å². The van der Waals surface area contributed by atoms with Crippen LogP contribution in [0, 0.1) is 6.92 Å². The molecule has 0 N–H and O–H groups in total. The number of hydrogen-bond donors (Lipinski definition) is 0. The summed E-state index contributed by atoms with van der Waals surface area (Å²) >= 11 is 0. The molecule has 0 aliphatic heterocycles. The van der Waals surface area contributed by atoms with Crippen molar-refractivity contribution in [3.8, 4) is 5.69 Å². The summed E-state index contributed by atoms with van der Waals surface area (Å²) in [5, 5.41) is 0. The van der Waals surface area contributed by atoms with Gasteiger partial charge in [-0.3, -0.25) is 0 Å². The molecule has 0 spiro atoms. The van der Waals surface area contributed by atoms with Crippen LogP contribution in [-0.2, 0) is 6.42 Å². The van der Waals surface area contributed by atoms with Crippen molar-refractivity contribution in [1.82, 2.24) is 4.57 Å². The second-order valence-electron chi connectivity index (χ2n) is 3.50. The molecular weight excluding hydrogens is 170 g/mol. The molecule has 0 atom stereocenters. The smallest absolute Gasteiger partial charge is 0.0452 e. The Kier molecular flexibility index (Phi) is 2.40. The fourth-order valence-corrected chi connectivity index (χ4v) is 1.84. The maximum atomic E-state index is 2.26. The van der Waals surface area contributed by atoms with Crippen molar-refractivity contribution in [2.75, 3.05) is 0 Å². The third-order valence-corrected chi connectivity index (χ3v) is 2.59. The maximum Gasteiger partial charge on any atom is 0.0452 e. The molecule has 1 aromatic heterocycles. The minimum atomic E-state index is 1.08. The first kappa shape index (κ1) is 9.07. The van der Waals surface area contributed by atoms with Gasteiger partial charge in [-0.1, -0.05) is 25.1 Å². The van der Waals surface area contributed by atoms with E-state index in [4.69, 9.17) is 0 Å². The van der Waals surface area contributed by atoms with Gasteiger partial charge in [-0.15, -0.1) is 0 Å². The molecular formula is C13H15N. The minimum absolute atomic E-state index is 1.08. The normalized spacial score (nSPS) is 10.4. The van der Waals surface area contributed by atoms with Gasteiger partial charge in [-0.05, 0) is 37.1 Å². The largest absolute Gasteiger partial charge is 0.321 e. The Labute approximate surface area is 85.0 Å². The first-order valence-electron chi connectivity index (χ1n) is 5.05. The zero-order valence-corrected chi connectivity index (χ0v) is 8.70. The highest BCUT2D eigenvalue weighted by Crippen LogP contribution is 2.16. The SMILES string of the molecule is CCc1c(C)ccn1-c1ccccc1. The molecule has 14 heavy (non-hydrogen) atoms. The lowest BCUT2D eigenvalue weighted by Gasteiger charge is -2.08. The molecule has 1 heterocycles. The van der Waals surface area contributed by atoms with E-state index in [1.54, 1.807) is 0 Å². The van der Waals surface area contributed by atoms with Crippen LogP contribution in [0.25, 0.3) is 5.69 Å². The van der Waals surface area contributed by atoms with Crippen LogP contribution in [0.1, 0.15) is 18.2 Å². The summed E-state index contributed by atoms with van der Waals surface area (Å²) < 4.78 is 2.26. The molecule has 1 heteroatoms. The molecule has 1 nitrogen and oxygen atoms in total. The number of aryl methyl sites for hydroxylation is 1. The molecule has 0 unspecified atom stereocenters. The molecule has 0 amide bonds. The summed E-state index contributed by atoms with van der Waals surface area (Å²) in [5.41, 5.74) is 4.02. The highest BCUT2D eigenvalue weighted by atomic mass is 15.0. The van der Waals surface area contributed by atoms with Gasteiger partial charge in [0.15, 0.2) is 0 Å². The summed E-state index contributed by atoms with van der Waals surface area (Å²) in [6.07, 6.45) is 3.22. The fraction of sp³-hybridized carbons (Fsp3) is 0.231. The van der Waals surface area contributed by atoms with Gasteiger partial charge in [0.1, 0.15) is 0 Å². The monoisotopic (exact) mass is 185 g/mol. The van der Waals surface area contributed by atoms with Crippen molar-refractivity contribution in [2.24, 2.45) is 0 Å². The van der Waals surface area contributed by atoms with Gasteiger partial charge in [0, 0.05) is 17.6 Å². The quantitative estimate of drug-likeness (QED) is 0.676. The van der Waals surface area contributed by atoms with Crippen molar-refractivity contribution in [3.63, 3.8) is 0 Å². The van der Waals surface area contributed by atoms with Crippen LogP contribution in [0.15, 0.2) is 42.6 Å². The van der Waals surface area contributed by atoms with Crippen molar-refractivity contribution >= 4 is 0 Å². The van der Waals surface area contributed by atoms with Gasteiger partial charge >= 0.3 is 0 Å². The zero-order valence-electron chi connectivity index (χ0n) is 8.70. The van der Waals surface area contributed by atoms with E-state index < -0.39 is 0 Å². The van der Waals surface area contributed by atoms with E-state index in [1.165, 1.54) is 16.9 Å². The first-order valence-corrected chi connectivity index (χ1v) is 5.05. The van der Waals surface area contributed by atoms with Gasteiger partial charge in [-0.25, -0.2) is 0 Å². The lowest BCUT2D eigenvalue weighted by molar-refractivity contribution is 0.926. The van der Waals surface area contributed by atoms with E-state index in [0.29, 0.717) is 0 Å². The molecule has 2 aromatic rings. The van der Waals surface area contributed by atoms with Crippen LogP contribution in [0.4, 0.5) is 0 Å². The topological polar surface area (TPSA) is 4.93 Å². The van der Waals surface area contributed by atoms with E-state index in [2.05, 4.69) is 54.9 Å². The van der Waals surface area contributed by atoms with E-state index in [1.807, 2.05) is 6.07 Å². The molecule has 0 bridgehead atoms. The van der Waals surface area contributed by atoms with Gasteiger partial charge in [-0.2, -0.15) is 0 Å². The van der Waals surface area contributed by atoms with Gasteiger partial charge in [0.05, 0.1) is 0 Å². The summed E-state index contributed by atoms with van der Waals surface area (Å²) in [5.74, 6) is 0. The number of hydrogen-bond acceptors (Lipinski definition) is 0. The van der Waals surface area contributed by atoms with Crippen LogP contribution < -0.4 is 0 Å². The van der Waals surface area contributed by atoms with E-state index in [-0.39, 0.29) is 0 Å². The summed E-state index contributed by atoms with van der Waals surface area (Å²) in [7, 11) is 0. The van der Waals surface area contributed by atoms with Crippen LogP contribution in [0.5, 0.6) is 0 Å². The fourth-order valence-electron chi connectivity index (χ4n) is 1.84. The van der Waals surface area contributed by atoms with Crippen LogP contribution in [0.2, 0.25) is 0 Å². The number of aromatic nitrogens is 1. The lowest BCUT2D eigenvalue weighted by Crippen LogP contribution is -1.98. The van der Waals surface area contributed by atoms with E-state index in [9.17, 15) is 0 Å². The Bertz CT molecular complexity index is 412. The summed E-state index contributed by atoms with van der Waals surface area (Å²) in [6, 6.07) is 12.6. The van der Waals surface area contributed by atoms with Crippen LogP contribution >= 0.6 is 0 Å². The molecule has 2 rings (SSSR count). The molecule has 72 valence electrons.